The standard InChI is InChI=1S/C31H41N5O7/c1-5-19(2)28-30(39)33-21(4)31(40)36-14-6-9-25(35-36)29(38)32-20(3)24-13-12-23-11-10-22(16-26(23)34-24)8-7-15-41-18-42-17-27(37)43-28/h7-8,10-13,16,19-21,25,28,35H,5-6,9,14-15,17-18H2,1-4H3,(H,32,38)(H,33,39)/b8-7+/t19-,20+,21-,25-,28-/m0/s1. The smallest absolute Gasteiger partial charge is 0.332 e. The lowest BCUT2D eigenvalue weighted by Crippen LogP contribution is -2.61. The number of hydrazine groups is 1. The highest BCUT2D eigenvalue weighted by molar-refractivity contribution is 5.91. The molecule has 12 heteroatoms. The largest absolute Gasteiger partial charge is 0.450 e. The van der Waals surface area contributed by atoms with Gasteiger partial charge in [-0.15, -0.1) is 0 Å². The fourth-order valence-electron chi connectivity index (χ4n) is 4.91. The van der Waals surface area contributed by atoms with E-state index in [-0.39, 0.29) is 31.3 Å². The maximum Gasteiger partial charge on any atom is 0.332 e. The number of cyclic esters (lactones) is 1. The van der Waals surface area contributed by atoms with E-state index in [2.05, 4.69) is 16.1 Å². The minimum Gasteiger partial charge on any atom is -0.450 e. The van der Waals surface area contributed by atoms with Gasteiger partial charge in [-0.3, -0.25) is 24.4 Å². The van der Waals surface area contributed by atoms with E-state index < -0.39 is 42.6 Å². The molecule has 3 N–H and O–H groups in total. The summed E-state index contributed by atoms with van der Waals surface area (Å²) in [6.07, 6.45) is 4.33. The van der Waals surface area contributed by atoms with Crippen molar-refractivity contribution in [3.8, 4) is 0 Å². The first-order valence-corrected chi connectivity index (χ1v) is 14.8. The van der Waals surface area contributed by atoms with Crippen molar-refractivity contribution in [1.29, 1.82) is 0 Å². The number of rotatable bonds is 2. The molecule has 1 aromatic carbocycles. The Morgan fingerprint density at radius 3 is 2.58 bits per heavy atom. The lowest BCUT2D eigenvalue weighted by atomic mass is 10.0. The normalized spacial score (nSPS) is 26.7. The zero-order valence-electron chi connectivity index (χ0n) is 25.1. The van der Waals surface area contributed by atoms with Gasteiger partial charge in [-0.2, -0.15) is 0 Å². The van der Waals surface area contributed by atoms with Crippen LogP contribution in [0.15, 0.2) is 36.4 Å². The van der Waals surface area contributed by atoms with Crippen LogP contribution in [0.2, 0.25) is 0 Å². The number of carbonyl (C=O) groups excluding carboxylic acids is 4. The van der Waals surface area contributed by atoms with Gasteiger partial charge in [0.05, 0.1) is 23.9 Å². The summed E-state index contributed by atoms with van der Waals surface area (Å²) in [5.74, 6) is -2.25. The Morgan fingerprint density at radius 1 is 1.02 bits per heavy atom. The number of aromatic nitrogens is 1. The Bertz CT molecular complexity index is 1350. The topological polar surface area (TPSA) is 148 Å². The number of hydrogen-bond donors (Lipinski definition) is 3. The van der Waals surface area contributed by atoms with Crippen LogP contribution in [-0.2, 0) is 33.4 Å². The summed E-state index contributed by atoms with van der Waals surface area (Å²) in [6, 6.07) is 7.82. The molecular weight excluding hydrogens is 554 g/mol. The first-order chi connectivity index (χ1) is 20.7. The Kier molecular flexibility index (Phi) is 11.2. The number of fused-ring (bicyclic) bond motifs is 4. The Morgan fingerprint density at radius 2 is 1.79 bits per heavy atom. The van der Waals surface area contributed by atoms with Gasteiger partial charge in [0.2, 0.25) is 5.91 Å². The summed E-state index contributed by atoms with van der Waals surface area (Å²) in [4.78, 5) is 56.8. The lowest BCUT2D eigenvalue weighted by Gasteiger charge is -2.35. The molecular formula is C31H41N5O7. The van der Waals surface area contributed by atoms with Crippen molar-refractivity contribution in [3.05, 3.63) is 47.7 Å². The molecule has 0 spiro atoms. The first kappa shape index (κ1) is 32.1. The Labute approximate surface area is 251 Å². The van der Waals surface area contributed by atoms with Crippen molar-refractivity contribution in [2.24, 2.45) is 5.92 Å². The zero-order valence-corrected chi connectivity index (χ0v) is 25.1. The van der Waals surface area contributed by atoms with Gasteiger partial charge >= 0.3 is 5.97 Å². The number of hydrogen-bond acceptors (Lipinski definition) is 9. The molecule has 2 aliphatic rings. The summed E-state index contributed by atoms with van der Waals surface area (Å²) in [7, 11) is 0. The number of ether oxygens (including phenoxy) is 3. The third kappa shape index (κ3) is 8.59. The number of carbonyl (C=O) groups is 4. The van der Waals surface area contributed by atoms with Crippen molar-refractivity contribution in [1.82, 2.24) is 26.1 Å². The molecule has 2 aliphatic heterocycles. The van der Waals surface area contributed by atoms with Crippen LogP contribution >= 0.6 is 0 Å². The SMILES string of the molecule is CC[C@H](C)[C@@H]1OC(=O)COCOC/C=C/c2ccc3ccc(nc3c2)[C@@H](C)NC(=O)[C@@H]2CCCN(N2)C(=O)[C@H](C)NC1=O. The third-order valence-corrected chi connectivity index (χ3v) is 7.63. The van der Waals surface area contributed by atoms with Gasteiger partial charge in [-0.05, 0) is 50.8 Å². The lowest BCUT2D eigenvalue weighted by molar-refractivity contribution is -0.167. The quantitative estimate of drug-likeness (QED) is 0.445. The monoisotopic (exact) mass is 595 g/mol. The summed E-state index contributed by atoms with van der Waals surface area (Å²) in [5, 5.41) is 8.01. The molecule has 0 unspecified atom stereocenters. The molecule has 232 valence electrons. The number of pyridine rings is 1. The van der Waals surface area contributed by atoms with Crippen molar-refractivity contribution >= 4 is 40.7 Å². The van der Waals surface area contributed by atoms with Crippen LogP contribution in [0.1, 0.15) is 64.3 Å². The average Bonchev–Trinajstić information content (AvgIpc) is 3.01. The maximum atomic E-state index is 13.2. The highest BCUT2D eigenvalue weighted by Gasteiger charge is 2.34. The second kappa shape index (κ2) is 15.0. The molecule has 1 fully saturated rings. The molecule has 43 heavy (non-hydrogen) atoms. The summed E-state index contributed by atoms with van der Waals surface area (Å²) < 4.78 is 16.2. The van der Waals surface area contributed by atoms with Gasteiger partial charge in [0.1, 0.15) is 25.5 Å². The van der Waals surface area contributed by atoms with Gasteiger partial charge in [-0.25, -0.2) is 10.2 Å². The van der Waals surface area contributed by atoms with E-state index in [1.165, 1.54) is 5.01 Å². The minimum atomic E-state index is -1.10. The average molecular weight is 596 g/mol. The van der Waals surface area contributed by atoms with E-state index in [0.29, 0.717) is 31.5 Å². The highest BCUT2D eigenvalue weighted by atomic mass is 16.7. The van der Waals surface area contributed by atoms with Crippen LogP contribution < -0.4 is 16.1 Å². The number of nitrogens with one attached hydrogen (secondary N) is 3. The molecule has 1 aromatic heterocycles. The van der Waals surface area contributed by atoms with Crippen molar-refractivity contribution in [3.63, 3.8) is 0 Å². The predicted octanol–water partition coefficient (Wildman–Crippen LogP) is 2.39. The molecule has 12 nitrogen and oxygen atoms in total. The molecule has 0 aliphatic carbocycles. The fraction of sp³-hybridized carbons (Fsp3) is 0.516. The van der Waals surface area contributed by atoms with Gasteiger partial charge < -0.3 is 24.8 Å². The van der Waals surface area contributed by atoms with Crippen LogP contribution in [0.4, 0.5) is 0 Å². The van der Waals surface area contributed by atoms with Gasteiger partial charge in [-0.1, -0.05) is 44.2 Å². The van der Waals surface area contributed by atoms with Crippen LogP contribution in [0.5, 0.6) is 0 Å². The molecule has 4 rings (SSSR count). The van der Waals surface area contributed by atoms with E-state index in [4.69, 9.17) is 19.2 Å². The van der Waals surface area contributed by atoms with Crippen LogP contribution in [0.25, 0.3) is 17.0 Å². The van der Waals surface area contributed by atoms with E-state index in [0.717, 1.165) is 16.5 Å². The summed E-state index contributed by atoms with van der Waals surface area (Å²) in [5.41, 5.74) is 5.44. The molecule has 1 saturated heterocycles. The van der Waals surface area contributed by atoms with E-state index >= 15 is 0 Å². The number of nitrogens with zero attached hydrogens (tertiary/aromatic N) is 2. The highest BCUT2D eigenvalue weighted by Crippen LogP contribution is 2.20. The van der Waals surface area contributed by atoms with Gasteiger partial charge in [0.25, 0.3) is 11.8 Å². The third-order valence-electron chi connectivity index (χ3n) is 7.63. The molecule has 5 bridgehead atoms. The second-order valence-electron chi connectivity index (χ2n) is 11.0. The van der Waals surface area contributed by atoms with Crippen molar-refractivity contribution in [2.45, 2.75) is 71.2 Å². The minimum absolute atomic E-state index is 0.138. The number of esters is 1. The Balaban J connectivity index is 1.54. The molecule has 3 amide bonds. The molecule has 3 heterocycles. The molecule has 2 aromatic rings. The van der Waals surface area contributed by atoms with Crippen LogP contribution in [-0.4, -0.2) is 78.4 Å². The summed E-state index contributed by atoms with van der Waals surface area (Å²) in [6.45, 7) is 7.19. The van der Waals surface area contributed by atoms with Crippen LogP contribution in [0, 0.1) is 5.92 Å². The fourth-order valence-corrected chi connectivity index (χ4v) is 4.91. The van der Waals surface area contributed by atoms with E-state index in [1.807, 2.05) is 56.3 Å². The number of benzene rings is 1. The van der Waals surface area contributed by atoms with E-state index in [1.54, 1.807) is 13.8 Å². The second-order valence-corrected chi connectivity index (χ2v) is 11.0. The Hall–Kier alpha value is -3.87. The summed E-state index contributed by atoms with van der Waals surface area (Å²) >= 11 is 0. The van der Waals surface area contributed by atoms with Gasteiger partial charge in [0, 0.05) is 17.8 Å². The van der Waals surface area contributed by atoms with Gasteiger partial charge in [0.15, 0.2) is 6.10 Å². The molecule has 5 atom stereocenters. The molecule has 0 saturated carbocycles. The van der Waals surface area contributed by atoms with Crippen LogP contribution in [0.3, 0.4) is 0 Å². The first-order valence-electron chi connectivity index (χ1n) is 14.8. The van der Waals surface area contributed by atoms with E-state index in [9.17, 15) is 19.2 Å². The van der Waals surface area contributed by atoms with Crippen molar-refractivity contribution in [2.75, 3.05) is 26.6 Å². The zero-order chi connectivity index (χ0) is 30.9. The predicted molar refractivity (Wildman–Crippen MR) is 159 cm³/mol. The maximum absolute atomic E-state index is 13.2. The van der Waals surface area contributed by atoms with Crippen molar-refractivity contribution < 1.29 is 33.4 Å². The number of amides is 3. The molecule has 0 radical (unpaired) electrons.